The first-order valence-corrected chi connectivity index (χ1v) is 7.34. The van der Waals surface area contributed by atoms with Gasteiger partial charge in [0.1, 0.15) is 10.8 Å². The molecule has 2 aromatic rings. The average molecular weight is 299 g/mol. The van der Waals surface area contributed by atoms with Crippen LogP contribution in [0.15, 0.2) is 18.2 Å². The number of rotatable bonds is 4. The first-order chi connectivity index (χ1) is 9.02. The molecule has 0 saturated carbocycles. The van der Waals surface area contributed by atoms with E-state index in [4.69, 9.17) is 11.6 Å². The largest absolute Gasteiger partial charge is 0.304 e. The van der Waals surface area contributed by atoms with Crippen LogP contribution in [-0.4, -0.2) is 11.5 Å². The fourth-order valence-corrected chi connectivity index (χ4v) is 3.07. The zero-order valence-corrected chi connectivity index (χ0v) is 12.7. The molecule has 0 fully saturated rings. The van der Waals surface area contributed by atoms with Crippen molar-refractivity contribution in [2.75, 3.05) is 6.54 Å². The van der Waals surface area contributed by atoms with E-state index in [0.717, 1.165) is 22.1 Å². The number of hydrogen-bond acceptors (Lipinski definition) is 3. The molecule has 0 saturated heterocycles. The van der Waals surface area contributed by atoms with Crippen LogP contribution in [0.5, 0.6) is 0 Å². The molecule has 1 atom stereocenters. The molecule has 1 N–H and O–H groups in total. The summed E-state index contributed by atoms with van der Waals surface area (Å²) in [4.78, 5) is 5.68. The summed E-state index contributed by atoms with van der Waals surface area (Å²) in [7, 11) is 0. The number of aromatic nitrogens is 1. The van der Waals surface area contributed by atoms with Gasteiger partial charge in [-0.05, 0) is 32.5 Å². The maximum Gasteiger partial charge on any atom is 0.129 e. The van der Waals surface area contributed by atoms with Crippen molar-refractivity contribution < 1.29 is 4.39 Å². The molecule has 0 aliphatic carbocycles. The Balaban J connectivity index is 2.44. The number of thiazole rings is 1. The van der Waals surface area contributed by atoms with Crippen molar-refractivity contribution >= 4 is 22.9 Å². The van der Waals surface area contributed by atoms with Crippen LogP contribution in [-0.2, 0) is 0 Å². The Bertz CT molecular complexity index is 563. The van der Waals surface area contributed by atoms with E-state index in [1.165, 1.54) is 6.07 Å². The Morgan fingerprint density at radius 3 is 2.68 bits per heavy atom. The van der Waals surface area contributed by atoms with Gasteiger partial charge < -0.3 is 5.32 Å². The molecule has 2 rings (SSSR count). The summed E-state index contributed by atoms with van der Waals surface area (Å²) in [6.45, 7) is 6.73. The third kappa shape index (κ3) is 3.14. The van der Waals surface area contributed by atoms with Gasteiger partial charge in [-0.2, -0.15) is 0 Å². The Kier molecular flexibility index (Phi) is 4.55. The number of halogens is 2. The van der Waals surface area contributed by atoms with Crippen LogP contribution in [0.3, 0.4) is 0 Å². The minimum Gasteiger partial charge on any atom is -0.304 e. The topological polar surface area (TPSA) is 24.9 Å². The number of nitrogens with zero attached hydrogens (tertiary/aromatic N) is 1. The van der Waals surface area contributed by atoms with Gasteiger partial charge >= 0.3 is 0 Å². The van der Waals surface area contributed by atoms with Crippen molar-refractivity contribution in [3.8, 4) is 0 Å². The van der Waals surface area contributed by atoms with Gasteiger partial charge in [0, 0.05) is 15.5 Å². The summed E-state index contributed by atoms with van der Waals surface area (Å²) in [5.74, 6) is -0.302. The van der Waals surface area contributed by atoms with Gasteiger partial charge in [-0.25, -0.2) is 9.37 Å². The van der Waals surface area contributed by atoms with Crippen LogP contribution in [0, 0.1) is 19.7 Å². The van der Waals surface area contributed by atoms with E-state index in [1.807, 2.05) is 20.8 Å². The third-order valence-electron chi connectivity index (χ3n) is 2.97. The van der Waals surface area contributed by atoms with Crippen LogP contribution >= 0.6 is 22.9 Å². The van der Waals surface area contributed by atoms with E-state index in [-0.39, 0.29) is 11.9 Å². The molecular formula is C14H16ClFN2S. The molecule has 1 aromatic heterocycles. The second-order valence-corrected chi connectivity index (χ2v) is 6.02. The molecule has 5 heteroatoms. The number of nitrogens with one attached hydrogen (secondary N) is 1. The van der Waals surface area contributed by atoms with E-state index in [0.29, 0.717) is 10.6 Å². The van der Waals surface area contributed by atoms with Gasteiger partial charge in [0.05, 0.1) is 11.7 Å². The van der Waals surface area contributed by atoms with Gasteiger partial charge in [0.15, 0.2) is 0 Å². The zero-order valence-electron chi connectivity index (χ0n) is 11.1. The first-order valence-electron chi connectivity index (χ1n) is 6.15. The minimum absolute atomic E-state index is 0.223. The van der Waals surface area contributed by atoms with Crippen molar-refractivity contribution in [1.29, 1.82) is 0 Å². The molecule has 2 nitrogen and oxygen atoms in total. The van der Waals surface area contributed by atoms with Crippen molar-refractivity contribution in [3.63, 3.8) is 0 Å². The minimum atomic E-state index is -0.302. The lowest BCUT2D eigenvalue weighted by molar-refractivity contribution is 0.557. The normalized spacial score (nSPS) is 12.7. The van der Waals surface area contributed by atoms with Gasteiger partial charge in [-0.3, -0.25) is 0 Å². The molecule has 0 amide bonds. The number of benzene rings is 1. The van der Waals surface area contributed by atoms with E-state index in [9.17, 15) is 4.39 Å². The fourth-order valence-electron chi connectivity index (χ4n) is 1.89. The maximum absolute atomic E-state index is 14.1. The average Bonchev–Trinajstić information content (AvgIpc) is 2.67. The summed E-state index contributed by atoms with van der Waals surface area (Å²) in [6.07, 6.45) is 0. The Hall–Kier alpha value is -0.970. The lowest BCUT2D eigenvalue weighted by Crippen LogP contribution is -2.22. The van der Waals surface area contributed by atoms with Crippen molar-refractivity contribution in [3.05, 3.63) is 50.2 Å². The van der Waals surface area contributed by atoms with E-state index in [1.54, 1.807) is 23.5 Å². The SMILES string of the molecule is CCNC(c1nc(C)c(C)s1)c1ccc(Cl)cc1F. The summed E-state index contributed by atoms with van der Waals surface area (Å²) >= 11 is 7.40. The molecule has 0 aliphatic heterocycles. The summed E-state index contributed by atoms with van der Waals surface area (Å²) < 4.78 is 14.1. The van der Waals surface area contributed by atoms with Crippen LogP contribution in [0.1, 0.15) is 34.1 Å². The molecule has 102 valence electrons. The van der Waals surface area contributed by atoms with Crippen molar-refractivity contribution in [1.82, 2.24) is 10.3 Å². The summed E-state index contributed by atoms with van der Waals surface area (Å²) in [5.41, 5.74) is 1.58. The highest BCUT2D eigenvalue weighted by Crippen LogP contribution is 2.30. The van der Waals surface area contributed by atoms with Crippen LogP contribution < -0.4 is 5.32 Å². The smallest absolute Gasteiger partial charge is 0.129 e. The maximum atomic E-state index is 14.1. The first kappa shape index (κ1) is 14.4. The molecule has 1 aromatic carbocycles. The second-order valence-electron chi connectivity index (χ2n) is 4.35. The molecule has 0 aliphatic rings. The van der Waals surface area contributed by atoms with Gasteiger partial charge in [-0.15, -0.1) is 11.3 Å². The molecule has 0 radical (unpaired) electrons. The zero-order chi connectivity index (χ0) is 14.0. The molecule has 19 heavy (non-hydrogen) atoms. The quantitative estimate of drug-likeness (QED) is 0.912. The van der Waals surface area contributed by atoms with Crippen LogP contribution in [0.25, 0.3) is 0 Å². The Morgan fingerprint density at radius 2 is 2.16 bits per heavy atom. The third-order valence-corrected chi connectivity index (χ3v) is 4.35. The predicted molar refractivity (Wildman–Crippen MR) is 78.5 cm³/mol. The predicted octanol–water partition coefficient (Wildman–Crippen LogP) is 4.25. The Morgan fingerprint density at radius 1 is 1.42 bits per heavy atom. The molecule has 1 heterocycles. The molecule has 0 spiro atoms. The number of hydrogen-bond donors (Lipinski definition) is 1. The molecule has 0 bridgehead atoms. The Labute approximate surface area is 121 Å². The van der Waals surface area contributed by atoms with Crippen LogP contribution in [0.2, 0.25) is 5.02 Å². The molecule has 1 unspecified atom stereocenters. The highest BCUT2D eigenvalue weighted by molar-refractivity contribution is 7.11. The van der Waals surface area contributed by atoms with Crippen molar-refractivity contribution in [2.45, 2.75) is 26.8 Å². The summed E-state index contributed by atoms with van der Waals surface area (Å²) in [6, 6.07) is 4.54. The van der Waals surface area contributed by atoms with E-state index < -0.39 is 0 Å². The summed E-state index contributed by atoms with van der Waals surface area (Å²) in [5, 5.41) is 4.57. The highest BCUT2D eigenvalue weighted by atomic mass is 35.5. The lowest BCUT2D eigenvalue weighted by Gasteiger charge is -2.16. The molecular weight excluding hydrogens is 283 g/mol. The van der Waals surface area contributed by atoms with E-state index >= 15 is 0 Å². The van der Waals surface area contributed by atoms with Gasteiger partial charge in [0.2, 0.25) is 0 Å². The van der Waals surface area contributed by atoms with Gasteiger partial charge in [0.25, 0.3) is 0 Å². The van der Waals surface area contributed by atoms with Crippen LogP contribution in [0.4, 0.5) is 4.39 Å². The standard InChI is InChI=1S/C14H16ClFN2S/c1-4-17-13(14-18-8(2)9(3)19-14)11-6-5-10(15)7-12(11)16/h5-7,13,17H,4H2,1-3H3. The fraction of sp³-hybridized carbons (Fsp3) is 0.357. The lowest BCUT2D eigenvalue weighted by atomic mass is 10.1. The van der Waals surface area contributed by atoms with Crippen molar-refractivity contribution in [2.24, 2.45) is 0 Å². The van der Waals surface area contributed by atoms with Gasteiger partial charge in [-0.1, -0.05) is 24.6 Å². The highest BCUT2D eigenvalue weighted by Gasteiger charge is 2.21. The monoisotopic (exact) mass is 298 g/mol. The second kappa shape index (κ2) is 5.99. The van der Waals surface area contributed by atoms with E-state index in [2.05, 4.69) is 10.3 Å². The number of aryl methyl sites for hydroxylation is 2.